The van der Waals surface area contributed by atoms with Crippen molar-refractivity contribution in [2.45, 2.75) is 18.4 Å². The largest absolute Gasteiger partial charge is 0.484 e. The van der Waals surface area contributed by atoms with E-state index in [0.29, 0.717) is 22.1 Å². The van der Waals surface area contributed by atoms with E-state index in [2.05, 4.69) is 21.2 Å². The molecule has 37 heavy (non-hydrogen) atoms. The van der Waals surface area contributed by atoms with Crippen molar-refractivity contribution in [1.82, 2.24) is 0 Å². The number of hydrogen-bond acceptors (Lipinski definition) is 4. The highest BCUT2D eigenvalue weighted by atomic mass is 79.9. The van der Waals surface area contributed by atoms with E-state index in [0.717, 1.165) is 15.6 Å². The Labute approximate surface area is 230 Å². The maximum absolute atomic E-state index is 13.6. The number of amides is 1. The molecule has 0 saturated carbocycles. The second-order valence-corrected chi connectivity index (χ2v) is 11.4. The molecule has 0 atom stereocenters. The van der Waals surface area contributed by atoms with Crippen molar-refractivity contribution >= 4 is 54.8 Å². The van der Waals surface area contributed by atoms with Gasteiger partial charge in [0.2, 0.25) is 0 Å². The molecule has 4 aromatic carbocycles. The molecule has 0 spiro atoms. The molecule has 0 aliphatic heterocycles. The molecule has 0 fully saturated rings. The monoisotopic (exact) mass is 598 g/mol. The number of para-hydroxylation sites is 1. The van der Waals surface area contributed by atoms with Crippen LogP contribution in [0.3, 0.4) is 0 Å². The number of nitrogens with one attached hydrogen (secondary N) is 1. The summed E-state index contributed by atoms with van der Waals surface area (Å²) in [6, 6.07) is 27.6. The van der Waals surface area contributed by atoms with Gasteiger partial charge in [-0.2, -0.15) is 0 Å². The number of aryl methyl sites for hydroxylation is 1. The zero-order valence-electron chi connectivity index (χ0n) is 19.9. The summed E-state index contributed by atoms with van der Waals surface area (Å²) in [5, 5.41) is 3.35. The van der Waals surface area contributed by atoms with Crippen LogP contribution >= 0.6 is 27.5 Å². The second kappa shape index (κ2) is 11.8. The summed E-state index contributed by atoms with van der Waals surface area (Å²) in [5.74, 6) is 0.118. The van der Waals surface area contributed by atoms with Gasteiger partial charge in [-0.15, -0.1) is 0 Å². The Bertz CT molecular complexity index is 1480. The van der Waals surface area contributed by atoms with Crippen molar-refractivity contribution in [3.63, 3.8) is 0 Å². The summed E-state index contributed by atoms with van der Waals surface area (Å²) in [6.07, 6.45) is 0. The first-order valence-electron chi connectivity index (χ1n) is 11.3. The fourth-order valence-electron chi connectivity index (χ4n) is 3.51. The summed E-state index contributed by atoms with van der Waals surface area (Å²) in [7, 11) is -3.87. The molecular weight excluding hydrogens is 576 g/mol. The number of ether oxygens (including phenoxy) is 1. The van der Waals surface area contributed by atoms with E-state index in [1.165, 1.54) is 4.31 Å². The van der Waals surface area contributed by atoms with Crippen LogP contribution in [-0.4, -0.2) is 20.9 Å². The van der Waals surface area contributed by atoms with E-state index in [4.69, 9.17) is 16.3 Å². The predicted octanol–water partition coefficient (Wildman–Crippen LogP) is 6.82. The van der Waals surface area contributed by atoms with Gasteiger partial charge in [0, 0.05) is 9.50 Å². The molecule has 190 valence electrons. The molecule has 6 nitrogen and oxygen atoms in total. The Balaban J connectivity index is 1.53. The molecule has 0 aliphatic rings. The van der Waals surface area contributed by atoms with Crippen LogP contribution in [0.2, 0.25) is 5.02 Å². The lowest BCUT2D eigenvalue weighted by Gasteiger charge is -2.25. The van der Waals surface area contributed by atoms with Crippen molar-refractivity contribution in [3.8, 4) is 5.75 Å². The lowest BCUT2D eigenvalue weighted by molar-refractivity contribution is -0.118. The average molecular weight is 600 g/mol. The van der Waals surface area contributed by atoms with E-state index < -0.39 is 10.0 Å². The third-order valence-corrected chi connectivity index (χ3v) is 8.22. The first-order chi connectivity index (χ1) is 17.7. The first-order valence-corrected chi connectivity index (χ1v) is 13.9. The Morgan fingerprint density at radius 2 is 1.57 bits per heavy atom. The lowest BCUT2D eigenvalue weighted by Crippen LogP contribution is -2.30. The number of nitrogens with zero attached hydrogens (tertiary/aromatic N) is 1. The van der Waals surface area contributed by atoms with Gasteiger partial charge in [-0.3, -0.25) is 9.10 Å². The van der Waals surface area contributed by atoms with Crippen molar-refractivity contribution < 1.29 is 17.9 Å². The van der Waals surface area contributed by atoms with Crippen molar-refractivity contribution in [2.24, 2.45) is 0 Å². The molecule has 4 aromatic rings. The molecular formula is C28H24BrClN2O4S. The topological polar surface area (TPSA) is 75.7 Å². The van der Waals surface area contributed by atoms with Gasteiger partial charge < -0.3 is 10.1 Å². The smallest absolute Gasteiger partial charge is 0.264 e. The molecule has 1 amide bonds. The molecule has 0 aliphatic carbocycles. The number of rotatable bonds is 9. The van der Waals surface area contributed by atoms with Crippen LogP contribution in [0, 0.1) is 6.92 Å². The van der Waals surface area contributed by atoms with Gasteiger partial charge >= 0.3 is 0 Å². The molecule has 0 radical (unpaired) electrons. The lowest BCUT2D eigenvalue weighted by atomic mass is 10.2. The molecule has 0 aromatic heterocycles. The summed E-state index contributed by atoms with van der Waals surface area (Å²) in [5.41, 5.74) is 2.85. The van der Waals surface area contributed by atoms with Gasteiger partial charge in [-0.05, 0) is 89.1 Å². The summed E-state index contributed by atoms with van der Waals surface area (Å²) in [4.78, 5) is 12.5. The van der Waals surface area contributed by atoms with Crippen LogP contribution in [0.1, 0.15) is 11.1 Å². The third kappa shape index (κ3) is 6.91. The highest BCUT2D eigenvalue weighted by molar-refractivity contribution is 9.10. The second-order valence-electron chi connectivity index (χ2n) is 8.26. The van der Waals surface area contributed by atoms with Crippen LogP contribution in [0.25, 0.3) is 0 Å². The van der Waals surface area contributed by atoms with Crippen molar-refractivity contribution in [3.05, 3.63) is 118 Å². The number of hydrogen-bond donors (Lipinski definition) is 1. The summed E-state index contributed by atoms with van der Waals surface area (Å²) >= 11 is 9.40. The number of halogens is 2. The highest BCUT2D eigenvalue weighted by Crippen LogP contribution is 2.28. The molecule has 0 bridgehead atoms. The number of anilines is 2. The maximum atomic E-state index is 13.6. The van der Waals surface area contributed by atoms with Gasteiger partial charge in [0.05, 0.1) is 22.8 Å². The van der Waals surface area contributed by atoms with E-state index in [1.807, 2.05) is 25.1 Å². The van der Waals surface area contributed by atoms with E-state index in [9.17, 15) is 13.2 Å². The van der Waals surface area contributed by atoms with Crippen LogP contribution in [0.4, 0.5) is 11.4 Å². The Hall–Kier alpha value is -3.33. The van der Waals surface area contributed by atoms with Crippen LogP contribution < -0.4 is 14.4 Å². The summed E-state index contributed by atoms with van der Waals surface area (Å²) < 4.78 is 35.0. The molecule has 9 heteroatoms. The Kier molecular flexibility index (Phi) is 8.53. The minimum absolute atomic E-state index is 0.113. The first kappa shape index (κ1) is 26.7. The highest BCUT2D eigenvalue weighted by Gasteiger charge is 2.25. The standard InChI is InChI=1S/C28H24BrClN2O4S/c1-20-6-16-25(17-7-20)37(34,35)32(18-21-8-10-22(30)11-9-21)23-12-14-24(15-13-23)36-19-28(33)31-27-5-3-2-4-26(27)29/h2-17H,18-19H2,1H3,(H,31,33). The molecule has 0 saturated heterocycles. The van der Waals surface area contributed by atoms with Crippen molar-refractivity contribution in [2.75, 3.05) is 16.2 Å². The number of sulfonamides is 1. The molecule has 1 N–H and O–H groups in total. The van der Waals surface area contributed by atoms with Gasteiger partial charge in [0.15, 0.2) is 6.61 Å². The molecule has 4 rings (SSSR count). The fourth-order valence-corrected chi connectivity index (χ4v) is 5.48. The van der Waals surface area contributed by atoms with E-state index in [1.54, 1.807) is 78.9 Å². The zero-order valence-corrected chi connectivity index (χ0v) is 23.1. The Morgan fingerprint density at radius 1 is 0.919 bits per heavy atom. The molecule has 0 unspecified atom stereocenters. The zero-order chi connectivity index (χ0) is 26.4. The SMILES string of the molecule is Cc1ccc(S(=O)(=O)N(Cc2ccc(Cl)cc2)c2ccc(OCC(=O)Nc3ccccc3Br)cc2)cc1. The quantitative estimate of drug-likeness (QED) is 0.229. The summed E-state index contributed by atoms with van der Waals surface area (Å²) in [6.45, 7) is 1.82. The number of carbonyl (C=O) groups is 1. The normalized spacial score (nSPS) is 11.1. The van der Waals surface area contributed by atoms with Crippen LogP contribution in [0.15, 0.2) is 106 Å². The van der Waals surface area contributed by atoms with Crippen LogP contribution in [0.5, 0.6) is 5.75 Å². The number of carbonyl (C=O) groups excluding carboxylic acids is 1. The van der Waals surface area contributed by atoms with E-state index >= 15 is 0 Å². The van der Waals surface area contributed by atoms with Crippen LogP contribution in [-0.2, 0) is 21.4 Å². The van der Waals surface area contributed by atoms with E-state index in [-0.39, 0.29) is 24.0 Å². The van der Waals surface area contributed by atoms with Gasteiger partial charge in [0.25, 0.3) is 15.9 Å². The van der Waals surface area contributed by atoms with Crippen molar-refractivity contribution in [1.29, 1.82) is 0 Å². The molecule has 0 heterocycles. The van der Waals surface area contributed by atoms with Gasteiger partial charge in [-0.1, -0.05) is 53.6 Å². The third-order valence-electron chi connectivity index (χ3n) is 5.49. The Morgan fingerprint density at radius 3 is 2.22 bits per heavy atom. The predicted molar refractivity (Wildman–Crippen MR) is 151 cm³/mol. The van der Waals surface area contributed by atoms with Gasteiger partial charge in [-0.25, -0.2) is 8.42 Å². The minimum atomic E-state index is -3.87. The maximum Gasteiger partial charge on any atom is 0.264 e. The average Bonchev–Trinajstić information content (AvgIpc) is 2.89. The van der Waals surface area contributed by atoms with Gasteiger partial charge in [0.1, 0.15) is 5.75 Å². The number of benzene rings is 4. The fraction of sp³-hybridized carbons (Fsp3) is 0.107. The minimum Gasteiger partial charge on any atom is -0.484 e.